The SMILES string of the molecule is Cc1nc2ccccn2c1C(C)c1c(C)nc2ccccn12. The molecule has 4 nitrogen and oxygen atoms in total. The quantitative estimate of drug-likeness (QED) is 0.563. The Kier molecular flexibility index (Phi) is 2.79. The Balaban J connectivity index is 1.98. The minimum atomic E-state index is 0.217. The average Bonchev–Trinajstić information content (AvgIpc) is 3.01. The molecule has 0 fully saturated rings. The van der Waals surface area contributed by atoms with Gasteiger partial charge in [-0.1, -0.05) is 19.1 Å². The molecule has 0 aromatic carbocycles. The minimum Gasteiger partial charge on any atom is -0.303 e. The molecule has 0 unspecified atom stereocenters. The van der Waals surface area contributed by atoms with Gasteiger partial charge in [-0.05, 0) is 38.1 Å². The summed E-state index contributed by atoms with van der Waals surface area (Å²) in [6, 6.07) is 12.2. The minimum absolute atomic E-state index is 0.217. The highest BCUT2D eigenvalue weighted by atomic mass is 15.0. The molecule has 0 aliphatic heterocycles. The van der Waals surface area contributed by atoms with Gasteiger partial charge in [-0.3, -0.25) is 0 Å². The van der Waals surface area contributed by atoms with Crippen molar-refractivity contribution in [3.05, 3.63) is 71.6 Å². The van der Waals surface area contributed by atoms with Crippen LogP contribution >= 0.6 is 0 Å². The zero-order valence-corrected chi connectivity index (χ0v) is 13.0. The maximum Gasteiger partial charge on any atom is 0.137 e. The Morgan fingerprint density at radius 2 is 1.23 bits per heavy atom. The molecule has 4 aromatic rings. The third-order valence-corrected chi connectivity index (χ3v) is 4.32. The van der Waals surface area contributed by atoms with E-state index in [0.29, 0.717) is 0 Å². The summed E-state index contributed by atoms with van der Waals surface area (Å²) >= 11 is 0. The van der Waals surface area contributed by atoms with E-state index in [1.807, 2.05) is 36.4 Å². The smallest absolute Gasteiger partial charge is 0.137 e. The predicted molar refractivity (Wildman–Crippen MR) is 87.4 cm³/mol. The van der Waals surface area contributed by atoms with Crippen molar-refractivity contribution >= 4 is 11.3 Å². The Hall–Kier alpha value is -2.62. The Morgan fingerprint density at radius 1 is 0.773 bits per heavy atom. The van der Waals surface area contributed by atoms with Crippen LogP contribution in [-0.4, -0.2) is 18.8 Å². The summed E-state index contributed by atoms with van der Waals surface area (Å²) in [7, 11) is 0. The number of aromatic nitrogens is 4. The van der Waals surface area contributed by atoms with Crippen molar-refractivity contribution < 1.29 is 0 Å². The van der Waals surface area contributed by atoms with Crippen molar-refractivity contribution in [2.45, 2.75) is 26.7 Å². The number of aryl methyl sites for hydroxylation is 2. The number of hydrogen-bond donors (Lipinski definition) is 0. The van der Waals surface area contributed by atoms with E-state index in [0.717, 1.165) is 22.7 Å². The van der Waals surface area contributed by atoms with Crippen LogP contribution in [0.4, 0.5) is 0 Å². The van der Waals surface area contributed by atoms with Crippen LogP contribution in [0.25, 0.3) is 11.3 Å². The van der Waals surface area contributed by atoms with Gasteiger partial charge in [-0.25, -0.2) is 9.97 Å². The molecule has 4 rings (SSSR count). The molecule has 0 bridgehead atoms. The fourth-order valence-electron chi connectivity index (χ4n) is 3.44. The van der Waals surface area contributed by atoms with Gasteiger partial charge in [0.1, 0.15) is 11.3 Å². The molecule has 22 heavy (non-hydrogen) atoms. The Morgan fingerprint density at radius 3 is 1.68 bits per heavy atom. The largest absolute Gasteiger partial charge is 0.303 e. The highest BCUT2D eigenvalue weighted by molar-refractivity contribution is 5.49. The molecule has 0 radical (unpaired) electrons. The molecule has 0 atom stereocenters. The van der Waals surface area contributed by atoms with Crippen LogP contribution in [0.2, 0.25) is 0 Å². The molecule has 4 heteroatoms. The molecule has 0 N–H and O–H groups in total. The van der Waals surface area contributed by atoms with Crippen LogP contribution in [-0.2, 0) is 0 Å². The third kappa shape index (κ3) is 1.77. The molecular weight excluding hydrogens is 272 g/mol. The van der Waals surface area contributed by atoms with Crippen molar-refractivity contribution in [2.24, 2.45) is 0 Å². The lowest BCUT2D eigenvalue weighted by molar-refractivity contribution is 0.790. The van der Waals surface area contributed by atoms with E-state index >= 15 is 0 Å². The van der Waals surface area contributed by atoms with Gasteiger partial charge in [0, 0.05) is 18.3 Å². The van der Waals surface area contributed by atoms with Crippen LogP contribution in [0.15, 0.2) is 48.8 Å². The van der Waals surface area contributed by atoms with Gasteiger partial charge in [-0.2, -0.15) is 0 Å². The summed E-state index contributed by atoms with van der Waals surface area (Å²) in [5.41, 5.74) is 6.59. The van der Waals surface area contributed by atoms with E-state index in [1.54, 1.807) is 0 Å². The summed E-state index contributed by atoms with van der Waals surface area (Å²) in [6.45, 7) is 6.39. The monoisotopic (exact) mass is 290 g/mol. The molecule has 0 spiro atoms. The lowest BCUT2D eigenvalue weighted by Crippen LogP contribution is -2.06. The predicted octanol–water partition coefficient (Wildman–Crippen LogP) is 3.75. The molecular formula is C18H18N4. The molecule has 0 saturated heterocycles. The molecule has 0 amide bonds. The van der Waals surface area contributed by atoms with Crippen molar-refractivity contribution in [1.29, 1.82) is 0 Å². The van der Waals surface area contributed by atoms with Crippen molar-refractivity contribution in [1.82, 2.24) is 18.8 Å². The summed E-state index contributed by atoms with van der Waals surface area (Å²) in [5.74, 6) is 0.217. The Labute approximate surface area is 129 Å². The van der Waals surface area contributed by atoms with Crippen molar-refractivity contribution in [3.8, 4) is 0 Å². The summed E-state index contributed by atoms with van der Waals surface area (Å²) in [4.78, 5) is 9.37. The van der Waals surface area contributed by atoms with Crippen LogP contribution < -0.4 is 0 Å². The van der Waals surface area contributed by atoms with Gasteiger partial charge in [0.15, 0.2) is 0 Å². The van der Waals surface area contributed by atoms with E-state index in [2.05, 4.69) is 51.9 Å². The second-order valence-corrected chi connectivity index (χ2v) is 5.74. The van der Waals surface area contributed by atoms with Gasteiger partial charge < -0.3 is 8.80 Å². The molecule has 4 aromatic heterocycles. The highest BCUT2D eigenvalue weighted by Crippen LogP contribution is 2.30. The number of nitrogens with zero attached hydrogens (tertiary/aromatic N) is 4. The maximum absolute atomic E-state index is 4.69. The van der Waals surface area contributed by atoms with Crippen molar-refractivity contribution in [3.63, 3.8) is 0 Å². The van der Waals surface area contributed by atoms with Gasteiger partial charge in [0.05, 0.1) is 22.8 Å². The first-order valence-corrected chi connectivity index (χ1v) is 7.54. The number of rotatable bonds is 2. The normalized spacial score (nSPS) is 11.8. The molecule has 4 heterocycles. The van der Waals surface area contributed by atoms with E-state index in [1.165, 1.54) is 11.4 Å². The Bertz CT molecular complexity index is 897. The topological polar surface area (TPSA) is 34.6 Å². The summed E-state index contributed by atoms with van der Waals surface area (Å²) < 4.78 is 4.36. The number of fused-ring (bicyclic) bond motifs is 2. The van der Waals surface area contributed by atoms with E-state index in [9.17, 15) is 0 Å². The van der Waals surface area contributed by atoms with Gasteiger partial charge >= 0.3 is 0 Å². The lowest BCUT2D eigenvalue weighted by Gasteiger charge is -2.14. The van der Waals surface area contributed by atoms with Gasteiger partial charge in [0.2, 0.25) is 0 Å². The van der Waals surface area contributed by atoms with Crippen molar-refractivity contribution in [2.75, 3.05) is 0 Å². The summed E-state index contributed by atoms with van der Waals surface area (Å²) in [5, 5.41) is 0. The summed E-state index contributed by atoms with van der Waals surface area (Å²) in [6.07, 6.45) is 4.17. The molecule has 0 saturated carbocycles. The zero-order chi connectivity index (χ0) is 15.3. The standard InChI is InChI=1S/C18H18N4/c1-12(17-13(2)19-15-8-4-6-10-21(15)17)18-14(3)20-16-9-5-7-11-22(16)18/h4-12H,1-3H3. The third-order valence-electron chi connectivity index (χ3n) is 4.32. The van der Waals surface area contributed by atoms with E-state index in [-0.39, 0.29) is 5.92 Å². The van der Waals surface area contributed by atoms with E-state index in [4.69, 9.17) is 0 Å². The van der Waals surface area contributed by atoms with Crippen LogP contribution in [0.1, 0.15) is 35.6 Å². The second-order valence-electron chi connectivity index (χ2n) is 5.74. The second kappa shape index (κ2) is 4.70. The fourth-order valence-corrected chi connectivity index (χ4v) is 3.44. The first kappa shape index (κ1) is 13.1. The number of hydrogen-bond acceptors (Lipinski definition) is 2. The number of pyridine rings is 2. The first-order valence-electron chi connectivity index (χ1n) is 7.54. The number of imidazole rings is 2. The molecule has 110 valence electrons. The lowest BCUT2D eigenvalue weighted by atomic mass is 10.0. The van der Waals surface area contributed by atoms with Crippen LogP contribution in [0.5, 0.6) is 0 Å². The molecule has 0 aliphatic carbocycles. The van der Waals surface area contributed by atoms with Crippen LogP contribution in [0, 0.1) is 13.8 Å². The van der Waals surface area contributed by atoms with Gasteiger partial charge in [-0.15, -0.1) is 0 Å². The maximum atomic E-state index is 4.69. The molecule has 0 aliphatic rings. The average molecular weight is 290 g/mol. The van der Waals surface area contributed by atoms with Crippen LogP contribution in [0.3, 0.4) is 0 Å². The van der Waals surface area contributed by atoms with Gasteiger partial charge in [0.25, 0.3) is 0 Å². The zero-order valence-electron chi connectivity index (χ0n) is 13.0. The van der Waals surface area contributed by atoms with E-state index < -0.39 is 0 Å². The fraction of sp³-hybridized carbons (Fsp3) is 0.222. The first-order chi connectivity index (χ1) is 10.7. The highest BCUT2D eigenvalue weighted by Gasteiger charge is 2.22.